The first-order chi connectivity index (χ1) is 39.0. The third kappa shape index (κ3) is 14.4. The number of benzene rings is 9. The van der Waals surface area contributed by atoms with Crippen molar-refractivity contribution in [3.8, 4) is 0 Å². The molecule has 422 valence electrons. The Labute approximate surface area is 493 Å². The van der Waals surface area contributed by atoms with Gasteiger partial charge in [-0.15, -0.1) is 0 Å². The van der Waals surface area contributed by atoms with Crippen LogP contribution in [0.2, 0.25) is 0 Å². The van der Waals surface area contributed by atoms with Crippen molar-refractivity contribution in [1.82, 2.24) is 0 Å². The van der Waals surface area contributed by atoms with Gasteiger partial charge in [0, 0.05) is 56.5 Å². The molecular formula is C75H76N2O5S. The van der Waals surface area contributed by atoms with Crippen molar-refractivity contribution in [2.45, 2.75) is 99.3 Å². The summed E-state index contributed by atoms with van der Waals surface area (Å²) in [4.78, 5) is 39.5. The summed E-state index contributed by atoms with van der Waals surface area (Å²) in [7, 11) is -3.40. The normalized spacial score (nSPS) is 11.7. The second-order valence-corrected chi connectivity index (χ2v) is 23.8. The Bertz CT molecular complexity index is 3930. The van der Waals surface area contributed by atoms with Gasteiger partial charge in [0.1, 0.15) is 0 Å². The predicted octanol–water partition coefficient (Wildman–Crippen LogP) is 17.3. The van der Waals surface area contributed by atoms with Crippen molar-refractivity contribution >= 4 is 39.0 Å². The lowest BCUT2D eigenvalue weighted by molar-refractivity contribution is -0.00436. The monoisotopic (exact) mass is 1120 g/mol. The van der Waals surface area contributed by atoms with E-state index in [4.69, 9.17) is 5.53 Å². The number of ketones is 3. The zero-order valence-electron chi connectivity index (χ0n) is 49.1. The molecule has 0 fully saturated rings. The molecule has 0 heterocycles. The maximum Gasteiger partial charge on any atom is 0.362 e. The van der Waals surface area contributed by atoms with E-state index in [2.05, 4.69) is 169 Å². The number of fused-ring (bicyclic) bond motifs is 1. The van der Waals surface area contributed by atoms with Gasteiger partial charge in [-0.2, -0.15) is 4.79 Å². The number of rotatable bonds is 10. The molecule has 1 aliphatic rings. The first-order valence-electron chi connectivity index (χ1n) is 27.4. The molecule has 0 saturated heterocycles. The van der Waals surface area contributed by atoms with E-state index >= 15 is 0 Å². The van der Waals surface area contributed by atoms with Crippen LogP contribution in [0.15, 0.2) is 217 Å². The first kappa shape index (κ1) is 63.2. The van der Waals surface area contributed by atoms with Crippen molar-refractivity contribution < 1.29 is 27.6 Å². The summed E-state index contributed by atoms with van der Waals surface area (Å²) in [5, 5.41) is 0. The number of hydrogen-bond acceptors (Lipinski definition) is 5. The van der Waals surface area contributed by atoms with E-state index in [1.165, 1.54) is 91.5 Å². The van der Waals surface area contributed by atoms with E-state index in [1.807, 2.05) is 99.6 Å². The van der Waals surface area contributed by atoms with Crippen LogP contribution in [0.4, 0.5) is 0 Å². The van der Waals surface area contributed by atoms with Crippen LogP contribution in [0.25, 0.3) is 11.6 Å². The Morgan fingerprint density at radius 3 is 1.25 bits per heavy atom. The van der Waals surface area contributed by atoms with Crippen LogP contribution in [-0.2, 0) is 20.7 Å². The molecule has 8 heteroatoms. The minimum absolute atomic E-state index is 0. The van der Waals surface area contributed by atoms with Crippen LogP contribution in [0, 0.1) is 55.4 Å². The minimum atomic E-state index is -3.40. The number of hydrogen-bond donors (Lipinski definition) is 0. The Kier molecular flexibility index (Phi) is 20.7. The van der Waals surface area contributed by atoms with Gasteiger partial charge in [-0.3, -0.25) is 14.4 Å². The van der Waals surface area contributed by atoms with Gasteiger partial charge in [0.2, 0.25) is 0 Å². The van der Waals surface area contributed by atoms with Gasteiger partial charge >= 0.3 is 5.71 Å². The van der Waals surface area contributed by atoms with Crippen molar-refractivity contribution in [2.75, 3.05) is 6.26 Å². The number of sulfone groups is 1. The largest absolute Gasteiger partial charge is 0.362 e. The Balaban J connectivity index is 0.000000184. The number of carbonyl (C=O) groups excluding carboxylic acids is 3. The van der Waals surface area contributed by atoms with Crippen molar-refractivity contribution in [2.24, 2.45) is 0 Å². The molecule has 83 heavy (non-hydrogen) atoms. The molecule has 0 spiro atoms. The Morgan fingerprint density at radius 2 is 0.819 bits per heavy atom. The van der Waals surface area contributed by atoms with Crippen LogP contribution in [0.5, 0.6) is 0 Å². The highest BCUT2D eigenvalue weighted by Crippen LogP contribution is 2.40. The molecule has 0 aliphatic heterocycles. The summed E-state index contributed by atoms with van der Waals surface area (Å²) < 4.78 is 23.1. The number of allylic oxidation sites excluding steroid dienone is 1. The van der Waals surface area contributed by atoms with Crippen molar-refractivity contribution in [3.63, 3.8) is 0 Å². The number of Topliss-reactive ketones (excluding diaryl/α,β-unsaturated/α-hetero) is 1. The molecule has 0 amide bonds. The van der Waals surface area contributed by atoms with Gasteiger partial charge in [-0.25, -0.2) is 8.42 Å². The zero-order chi connectivity index (χ0) is 59.5. The van der Waals surface area contributed by atoms with Gasteiger partial charge in [0.05, 0.1) is 4.90 Å². The van der Waals surface area contributed by atoms with E-state index in [9.17, 15) is 22.8 Å². The van der Waals surface area contributed by atoms with Gasteiger partial charge in [0.15, 0.2) is 21.4 Å². The molecule has 1 aliphatic carbocycles. The Morgan fingerprint density at radius 1 is 0.434 bits per heavy atom. The van der Waals surface area contributed by atoms with E-state index < -0.39 is 15.6 Å². The smallest absolute Gasteiger partial charge is 0.361 e. The molecule has 0 radical (unpaired) electrons. The highest BCUT2D eigenvalue weighted by Gasteiger charge is 2.32. The molecule has 0 bridgehead atoms. The average Bonchev–Trinajstić information content (AvgIpc) is 3.27. The molecule has 7 nitrogen and oxygen atoms in total. The minimum Gasteiger partial charge on any atom is -0.361 e. The molecule has 0 N–H and O–H groups in total. The van der Waals surface area contributed by atoms with Gasteiger partial charge < -0.3 is 5.53 Å². The van der Waals surface area contributed by atoms with Gasteiger partial charge in [-0.05, 0) is 136 Å². The molecule has 0 unspecified atom stereocenters. The third-order valence-corrected chi connectivity index (χ3v) is 17.2. The van der Waals surface area contributed by atoms with Crippen molar-refractivity contribution in [3.05, 3.63) is 324 Å². The van der Waals surface area contributed by atoms with E-state index in [1.54, 1.807) is 0 Å². The van der Waals surface area contributed by atoms with E-state index in [-0.39, 0.29) is 46.0 Å². The van der Waals surface area contributed by atoms with Crippen LogP contribution in [0.1, 0.15) is 148 Å². The fraction of sp³-hybridized carbons (Fsp3) is 0.200. The summed E-state index contributed by atoms with van der Waals surface area (Å²) in [5.74, 6) is -0.280. The lowest BCUT2D eigenvalue weighted by Gasteiger charge is -2.33. The lowest BCUT2D eigenvalue weighted by atomic mass is 9.70. The maximum atomic E-state index is 12.4. The number of aryl methyl sites for hydroxylation is 4. The molecule has 9 aromatic rings. The summed E-state index contributed by atoms with van der Waals surface area (Å²) in [6, 6.07) is 69.2. The highest BCUT2D eigenvalue weighted by atomic mass is 32.2. The van der Waals surface area contributed by atoms with Crippen LogP contribution in [-0.4, -0.2) is 42.5 Å². The van der Waals surface area contributed by atoms with E-state index in [0.717, 1.165) is 39.6 Å². The van der Waals surface area contributed by atoms with Crippen LogP contribution in [0.3, 0.4) is 0 Å². The second-order valence-electron chi connectivity index (χ2n) is 21.8. The lowest BCUT2D eigenvalue weighted by Crippen LogP contribution is -2.26. The van der Waals surface area contributed by atoms with Crippen LogP contribution >= 0.6 is 0 Å². The summed E-state index contributed by atoms with van der Waals surface area (Å²) in [6.45, 7) is 23.4. The van der Waals surface area contributed by atoms with Gasteiger partial charge in [0.25, 0.3) is 5.78 Å². The molecular weight excluding hydrogens is 1040 g/mol. The fourth-order valence-electron chi connectivity index (χ4n) is 10.1. The standard InChI is InChI=1S/C30H30.C17H18O.C16H16O.C11H8N2O3S.CH4/c1-23-15-17-24(18-16-23)29(2,3)25-19-21-28(22-20-25)30(4,26-11-7-5-8-12-26)27-13-9-6-10-14-27;1-11-5-8-15(9-6-11)17(18)16-10-7-12(2)13(3)14(16)4;1-11-9-10-15(13(3)12(11)2)16(17)14-7-5-4-6-8-14;1-17(15,16)10-4-2-3-8-7(10)5-6-9(13-12)11(8)14;/h5-22H,1-4H3;5-10H,1-4H3;4-10H,1-3H3;2-6H,1H3;1H4. The molecule has 0 atom stereocenters. The van der Waals surface area contributed by atoms with Gasteiger partial charge in [-0.1, -0.05) is 233 Å². The number of carbonyl (C=O) groups is 3. The summed E-state index contributed by atoms with van der Waals surface area (Å²) in [6.07, 6.45) is 3.83. The molecule has 0 saturated carbocycles. The second kappa shape index (κ2) is 27.2. The van der Waals surface area contributed by atoms with Crippen LogP contribution < -0.4 is 0 Å². The fourth-order valence-corrected chi connectivity index (χ4v) is 11.0. The highest BCUT2D eigenvalue weighted by molar-refractivity contribution is 7.90. The molecule has 0 aromatic heterocycles. The average molecular weight is 1120 g/mol. The van der Waals surface area contributed by atoms with Crippen molar-refractivity contribution in [1.29, 1.82) is 0 Å². The molecule has 9 aromatic carbocycles. The third-order valence-electron chi connectivity index (χ3n) is 16.1. The predicted molar refractivity (Wildman–Crippen MR) is 342 cm³/mol. The topological polar surface area (TPSA) is 122 Å². The Hall–Kier alpha value is -8.94. The maximum absolute atomic E-state index is 12.4. The van der Waals surface area contributed by atoms with E-state index in [0.29, 0.717) is 5.56 Å². The number of nitrogens with zero attached hydrogens (tertiary/aromatic N) is 2. The zero-order valence-corrected chi connectivity index (χ0v) is 49.9. The molecule has 10 rings (SSSR count). The summed E-state index contributed by atoms with van der Waals surface area (Å²) in [5.41, 5.74) is 28.0. The first-order valence-corrected chi connectivity index (χ1v) is 29.3. The summed E-state index contributed by atoms with van der Waals surface area (Å²) >= 11 is 0. The quantitative estimate of drug-likeness (QED) is 0.0584. The SMILES string of the molecule is C.CS(=O)(=O)c1cccc2c1C=CC(=[N+]=[N-])C2=O.Cc1ccc(C(=O)c2ccc(C)c(C)c2C)cc1.Cc1ccc(C(=O)c2ccccc2)c(C)c1C.Cc1ccc(C(C)(C)c2ccc(C(C)(c3ccccc3)c3ccccc3)cc2)cc1.